The molecule has 1 unspecified atom stereocenters. The first-order chi connectivity index (χ1) is 12.5. The van der Waals surface area contributed by atoms with Crippen LogP contribution in [0, 0.1) is 0 Å². The van der Waals surface area contributed by atoms with E-state index in [4.69, 9.17) is 16.3 Å². The van der Waals surface area contributed by atoms with Crippen LogP contribution in [0.2, 0.25) is 5.02 Å². The van der Waals surface area contributed by atoms with Crippen LogP contribution < -0.4 is 15.0 Å². The van der Waals surface area contributed by atoms with E-state index in [1.54, 1.807) is 17.0 Å². The topological polar surface area (TPSA) is 58.6 Å². The summed E-state index contributed by atoms with van der Waals surface area (Å²) in [5.41, 5.74) is 1.70. The average Bonchev–Trinajstić information content (AvgIpc) is 2.97. The molecule has 26 heavy (non-hydrogen) atoms. The fourth-order valence-corrected chi connectivity index (χ4v) is 3.14. The van der Waals surface area contributed by atoms with Crippen LogP contribution in [0.5, 0.6) is 5.75 Å². The van der Waals surface area contributed by atoms with E-state index in [1.165, 1.54) is 0 Å². The van der Waals surface area contributed by atoms with Gasteiger partial charge in [0.05, 0.1) is 19.1 Å². The Morgan fingerprint density at radius 1 is 1.19 bits per heavy atom. The molecule has 3 rings (SSSR count). The molecule has 1 aliphatic heterocycles. The molecule has 0 aromatic heterocycles. The lowest BCUT2D eigenvalue weighted by Crippen LogP contribution is -2.38. The second kappa shape index (κ2) is 8.23. The maximum atomic E-state index is 12.3. The summed E-state index contributed by atoms with van der Waals surface area (Å²) in [5.74, 6) is 0.695. The summed E-state index contributed by atoms with van der Waals surface area (Å²) in [6, 6.07) is 14.4. The zero-order chi connectivity index (χ0) is 18.5. The molecule has 5 nitrogen and oxygen atoms in total. The van der Waals surface area contributed by atoms with E-state index in [-0.39, 0.29) is 24.3 Å². The highest BCUT2D eigenvalue weighted by Crippen LogP contribution is 2.23. The van der Waals surface area contributed by atoms with Gasteiger partial charge in [-0.3, -0.25) is 9.59 Å². The molecule has 1 atom stereocenters. The lowest BCUT2D eigenvalue weighted by molar-refractivity contribution is -0.121. The third kappa shape index (κ3) is 4.55. The van der Waals surface area contributed by atoms with Crippen molar-refractivity contribution < 1.29 is 14.3 Å². The van der Waals surface area contributed by atoms with Gasteiger partial charge in [0.15, 0.2) is 0 Å². The van der Waals surface area contributed by atoms with Gasteiger partial charge in [0.1, 0.15) is 5.75 Å². The zero-order valence-electron chi connectivity index (χ0n) is 14.6. The number of carbonyl (C=O) groups excluding carboxylic acids is 2. The van der Waals surface area contributed by atoms with E-state index in [2.05, 4.69) is 5.32 Å². The van der Waals surface area contributed by atoms with Crippen molar-refractivity contribution in [2.45, 2.75) is 25.8 Å². The molecule has 0 radical (unpaired) electrons. The Bertz CT molecular complexity index is 775. The standard InChI is InChI=1S/C20H21ClN2O3/c1-2-26-18-9-3-14(4-10-18)11-19(24)22-16-12-20(25)23(13-16)17-7-5-15(21)6-8-17/h3-10,16H,2,11-13H2,1H3,(H,22,24). The van der Waals surface area contributed by atoms with Gasteiger partial charge in [-0.1, -0.05) is 23.7 Å². The van der Waals surface area contributed by atoms with Crippen LogP contribution in [0.4, 0.5) is 5.69 Å². The highest BCUT2D eigenvalue weighted by molar-refractivity contribution is 6.30. The Morgan fingerprint density at radius 2 is 1.88 bits per heavy atom. The Kier molecular flexibility index (Phi) is 5.78. The van der Waals surface area contributed by atoms with Crippen LogP contribution in [0.25, 0.3) is 0 Å². The van der Waals surface area contributed by atoms with E-state index >= 15 is 0 Å². The number of rotatable bonds is 6. The Labute approximate surface area is 157 Å². The lowest BCUT2D eigenvalue weighted by atomic mass is 10.1. The van der Waals surface area contributed by atoms with Gasteiger partial charge in [-0.2, -0.15) is 0 Å². The Morgan fingerprint density at radius 3 is 2.54 bits per heavy atom. The smallest absolute Gasteiger partial charge is 0.229 e. The highest BCUT2D eigenvalue weighted by atomic mass is 35.5. The SMILES string of the molecule is CCOc1ccc(CC(=O)NC2CC(=O)N(c3ccc(Cl)cc3)C2)cc1. The zero-order valence-corrected chi connectivity index (χ0v) is 15.3. The third-order valence-electron chi connectivity index (χ3n) is 4.23. The van der Waals surface area contributed by atoms with Crippen molar-refractivity contribution in [3.63, 3.8) is 0 Å². The van der Waals surface area contributed by atoms with Crippen molar-refractivity contribution in [1.82, 2.24) is 5.32 Å². The van der Waals surface area contributed by atoms with Crippen LogP contribution in [0.1, 0.15) is 18.9 Å². The molecule has 0 bridgehead atoms. The maximum Gasteiger partial charge on any atom is 0.229 e. The van der Waals surface area contributed by atoms with Crippen LogP contribution in [0.3, 0.4) is 0 Å². The van der Waals surface area contributed by atoms with Crippen molar-refractivity contribution >= 4 is 29.1 Å². The molecule has 0 saturated carbocycles. The van der Waals surface area contributed by atoms with Gasteiger partial charge >= 0.3 is 0 Å². The predicted octanol–water partition coefficient (Wildman–Crippen LogP) is 3.20. The summed E-state index contributed by atoms with van der Waals surface area (Å²) in [6.07, 6.45) is 0.579. The summed E-state index contributed by atoms with van der Waals surface area (Å²) in [7, 11) is 0. The number of hydrogen-bond acceptors (Lipinski definition) is 3. The number of benzene rings is 2. The molecule has 2 aromatic carbocycles. The van der Waals surface area contributed by atoms with Crippen molar-refractivity contribution in [1.29, 1.82) is 0 Å². The molecular weight excluding hydrogens is 352 g/mol. The van der Waals surface area contributed by atoms with Gasteiger partial charge in [0, 0.05) is 23.7 Å². The quantitative estimate of drug-likeness (QED) is 0.847. The van der Waals surface area contributed by atoms with Crippen LogP contribution in [0.15, 0.2) is 48.5 Å². The number of halogens is 1. The van der Waals surface area contributed by atoms with Gasteiger partial charge in [0.25, 0.3) is 0 Å². The fraction of sp³-hybridized carbons (Fsp3) is 0.300. The minimum Gasteiger partial charge on any atom is -0.494 e. The molecule has 2 amide bonds. The number of nitrogens with zero attached hydrogens (tertiary/aromatic N) is 1. The minimum absolute atomic E-state index is 0.00121. The number of carbonyl (C=O) groups is 2. The summed E-state index contributed by atoms with van der Waals surface area (Å²) in [5, 5.41) is 3.58. The van der Waals surface area contributed by atoms with E-state index in [0.717, 1.165) is 17.0 Å². The van der Waals surface area contributed by atoms with E-state index in [0.29, 0.717) is 24.6 Å². The number of amides is 2. The summed E-state index contributed by atoms with van der Waals surface area (Å²) >= 11 is 5.89. The molecule has 1 fully saturated rings. The van der Waals surface area contributed by atoms with E-state index in [1.807, 2.05) is 43.3 Å². The first-order valence-corrected chi connectivity index (χ1v) is 9.00. The van der Waals surface area contributed by atoms with Gasteiger partial charge in [-0.15, -0.1) is 0 Å². The predicted molar refractivity (Wildman–Crippen MR) is 102 cm³/mol. The highest BCUT2D eigenvalue weighted by Gasteiger charge is 2.31. The number of ether oxygens (including phenoxy) is 1. The van der Waals surface area contributed by atoms with Crippen molar-refractivity contribution in [3.05, 3.63) is 59.1 Å². The first kappa shape index (κ1) is 18.3. The van der Waals surface area contributed by atoms with Crippen LogP contribution >= 0.6 is 11.6 Å². The monoisotopic (exact) mass is 372 g/mol. The lowest BCUT2D eigenvalue weighted by Gasteiger charge is -2.17. The van der Waals surface area contributed by atoms with Crippen molar-refractivity contribution in [3.8, 4) is 5.75 Å². The van der Waals surface area contributed by atoms with Gasteiger partial charge < -0.3 is 15.0 Å². The molecule has 136 valence electrons. The van der Waals surface area contributed by atoms with Crippen LogP contribution in [-0.4, -0.2) is 31.0 Å². The Balaban J connectivity index is 1.55. The molecule has 1 aliphatic rings. The van der Waals surface area contributed by atoms with Crippen molar-refractivity contribution in [2.75, 3.05) is 18.1 Å². The van der Waals surface area contributed by atoms with E-state index in [9.17, 15) is 9.59 Å². The van der Waals surface area contributed by atoms with Crippen LogP contribution in [-0.2, 0) is 16.0 Å². The summed E-state index contributed by atoms with van der Waals surface area (Å²) in [4.78, 5) is 26.2. The normalized spacial score (nSPS) is 16.6. The fourth-order valence-electron chi connectivity index (χ4n) is 3.01. The second-order valence-electron chi connectivity index (χ2n) is 6.20. The Hall–Kier alpha value is -2.53. The average molecular weight is 373 g/mol. The molecule has 1 saturated heterocycles. The third-order valence-corrected chi connectivity index (χ3v) is 4.48. The number of anilines is 1. The van der Waals surface area contributed by atoms with E-state index < -0.39 is 0 Å². The van der Waals surface area contributed by atoms with Crippen molar-refractivity contribution in [2.24, 2.45) is 0 Å². The largest absolute Gasteiger partial charge is 0.494 e. The molecule has 0 aliphatic carbocycles. The minimum atomic E-state index is -0.187. The molecular formula is C20H21ClN2O3. The summed E-state index contributed by atoms with van der Waals surface area (Å²) in [6.45, 7) is 3.01. The maximum absolute atomic E-state index is 12.3. The van der Waals surface area contributed by atoms with Gasteiger partial charge in [-0.05, 0) is 48.9 Å². The molecule has 1 heterocycles. The first-order valence-electron chi connectivity index (χ1n) is 8.62. The summed E-state index contributed by atoms with van der Waals surface area (Å²) < 4.78 is 5.39. The number of hydrogen-bond donors (Lipinski definition) is 1. The molecule has 2 aromatic rings. The second-order valence-corrected chi connectivity index (χ2v) is 6.64. The molecule has 6 heteroatoms. The van der Waals surface area contributed by atoms with Gasteiger partial charge in [-0.25, -0.2) is 0 Å². The number of nitrogens with one attached hydrogen (secondary N) is 1. The molecule has 1 N–H and O–H groups in total. The molecule has 0 spiro atoms. The van der Waals surface area contributed by atoms with Gasteiger partial charge in [0.2, 0.25) is 11.8 Å².